The fourth-order valence-corrected chi connectivity index (χ4v) is 4.84. The second-order valence-corrected chi connectivity index (χ2v) is 9.82. The number of morpholine rings is 1. The highest BCUT2D eigenvalue weighted by Gasteiger charge is 2.36. The van der Waals surface area contributed by atoms with Crippen molar-refractivity contribution in [1.82, 2.24) is 24.6 Å². The minimum absolute atomic E-state index is 0.0274. The average Bonchev–Trinajstić information content (AvgIpc) is 3.39. The Bertz CT molecular complexity index is 1280. The van der Waals surface area contributed by atoms with E-state index in [2.05, 4.69) is 39.1 Å². The van der Waals surface area contributed by atoms with Crippen molar-refractivity contribution >= 4 is 23.2 Å². The molecule has 38 heavy (non-hydrogen) atoms. The van der Waals surface area contributed by atoms with Gasteiger partial charge in [0.1, 0.15) is 12.2 Å². The van der Waals surface area contributed by atoms with E-state index >= 15 is 0 Å². The summed E-state index contributed by atoms with van der Waals surface area (Å²) in [6, 6.07) is 7.44. The Morgan fingerprint density at radius 3 is 2.63 bits per heavy atom. The molecule has 1 atom stereocenters. The standard InChI is InChI=1S/C26H30F3N7O2/c1-17(2)34-9-3-4-21(15-34)36-14-18(12-31-36)24-22(26(27,28)29)13-30-25(33-24)32-19-5-7-20(8-6-19)35-10-11-38-16-23(35)37/h5-8,12-14,17,21H,3-4,9-11,15-16H2,1-2H3,(H,30,32,33). The molecule has 1 aromatic carbocycles. The molecule has 0 saturated carbocycles. The van der Waals surface area contributed by atoms with E-state index in [9.17, 15) is 18.0 Å². The van der Waals surface area contributed by atoms with E-state index in [-0.39, 0.29) is 35.8 Å². The Morgan fingerprint density at radius 1 is 1.13 bits per heavy atom. The number of rotatable bonds is 6. The molecule has 2 aliphatic heterocycles. The molecule has 12 heteroatoms. The van der Waals surface area contributed by atoms with Crippen LogP contribution in [0.5, 0.6) is 0 Å². The number of piperidine rings is 1. The molecule has 2 aliphatic rings. The lowest BCUT2D eigenvalue weighted by atomic mass is 10.0. The second-order valence-electron chi connectivity index (χ2n) is 9.82. The number of anilines is 3. The molecule has 0 bridgehead atoms. The van der Waals surface area contributed by atoms with Gasteiger partial charge in [0.05, 0.1) is 24.5 Å². The van der Waals surface area contributed by atoms with Crippen molar-refractivity contribution in [2.45, 2.75) is 44.9 Å². The van der Waals surface area contributed by atoms with Crippen molar-refractivity contribution in [3.8, 4) is 11.3 Å². The Hall–Kier alpha value is -3.51. The molecular formula is C26H30F3N7O2. The van der Waals surface area contributed by atoms with Crippen LogP contribution in [0.2, 0.25) is 0 Å². The van der Waals surface area contributed by atoms with E-state index in [4.69, 9.17) is 4.74 Å². The first-order chi connectivity index (χ1) is 18.2. The normalized spacial score (nSPS) is 19.3. The van der Waals surface area contributed by atoms with Gasteiger partial charge in [0.2, 0.25) is 5.95 Å². The van der Waals surface area contributed by atoms with Crippen molar-refractivity contribution in [3.05, 3.63) is 48.4 Å². The molecule has 2 fully saturated rings. The van der Waals surface area contributed by atoms with Gasteiger partial charge < -0.3 is 15.0 Å². The molecule has 2 saturated heterocycles. The van der Waals surface area contributed by atoms with Crippen LogP contribution in [-0.2, 0) is 15.7 Å². The number of benzene rings is 1. The summed E-state index contributed by atoms with van der Waals surface area (Å²) in [5.74, 6) is -0.0991. The molecule has 0 radical (unpaired) electrons. The van der Waals surface area contributed by atoms with E-state index in [0.29, 0.717) is 30.6 Å². The predicted molar refractivity (Wildman–Crippen MR) is 136 cm³/mol. The lowest BCUT2D eigenvalue weighted by Gasteiger charge is -2.35. The summed E-state index contributed by atoms with van der Waals surface area (Å²) in [4.78, 5) is 24.2. The van der Waals surface area contributed by atoms with Crippen LogP contribution in [0.3, 0.4) is 0 Å². The highest BCUT2D eigenvalue weighted by atomic mass is 19.4. The number of carbonyl (C=O) groups excluding carboxylic acids is 1. The van der Waals surface area contributed by atoms with Gasteiger partial charge in [-0.15, -0.1) is 0 Å². The third-order valence-electron chi connectivity index (χ3n) is 6.92. The van der Waals surface area contributed by atoms with Gasteiger partial charge in [0.15, 0.2) is 0 Å². The second kappa shape index (κ2) is 10.7. The minimum Gasteiger partial charge on any atom is -0.370 e. The summed E-state index contributed by atoms with van der Waals surface area (Å²) in [6.07, 6.45) is 1.17. The molecule has 1 N–H and O–H groups in total. The summed E-state index contributed by atoms with van der Waals surface area (Å²) in [6.45, 7) is 7.03. The summed E-state index contributed by atoms with van der Waals surface area (Å²) < 4.78 is 48.5. The number of hydrogen-bond donors (Lipinski definition) is 1. The summed E-state index contributed by atoms with van der Waals surface area (Å²) in [5.41, 5.74) is 0.422. The molecule has 3 aromatic rings. The number of hydrogen-bond acceptors (Lipinski definition) is 7. The van der Waals surface area contributed by atoms with Gasteiger partial charge in [-0.3, -0.25) is 14.4 Å². The van der Waals surface area contributed by atoms with E-state index < -0.39 is 11.7 Å². The van der Waals surface area contributed by atoms with E-state index in [1.54, 1.807) is 40.0 Å². The molecule has 9 nitrogen and oxygen atoms in total. The third kappa shape index (κ3) is 5.65. The van der Waals surface area contributed by atoms with Gasteiger partial charge in [0.25, 0.3) is 5.91 Å². The molecule has 2 aromatic heterocycles. The van der Waals surface area contributed by atoms with Crippen molar-refractivity contribution in [3.63, 3.8) is 0 Å². The maximum Gasteiger partial charge on any atom is 0.419 e. The first kappa shape index (κ1) is 26.1. The number of alkyl halides is 3. The SMILES string of the molecule is CC(C)N1CCCC(n2cc(-c3nc(Nc4ccc(N5CCOCC5=O)cc4)ncc3C(F)(F)F)cn2)C1. The molecular weight excluding hydrogens is 499 g/mol. The number of nitrogens with zero attached hydrogens (tertiary/aromatic N) is 6. The van der Waals surface area contributed by atoms with E-state index in [1.807, 2.05) is 0 Å². The number of likely N-dealkylation sites (tertiary alicyclic amines) is 1. The van der Waals surface area contributed by atoms with Gasteiger partial charge in [0, 0.05) is 48.5 Å². The number of amides is 1. The number of aromatic nitrogens is 4. The zero-order valence-electron chi connectivity index (χ0n) is 21.3. The molecule has 202 valence electrons. The topological polar surface area (TPSA) is 88.4 Å². The first-order valence-electron chi connectivity index (χ1n) is 12.7. The maximum absolute atomic E-state index is 13.9. The van der Waals surface area contributed by atoms with Crippen molar-refractivity contribution in [2.75, 3.05) is 43.1 Å². The van der Waals surface area contributed by atoms with Gasteiger partial charge in [-0.2, -0.15) is 18.3 Å². The van der Waals surface area contributed by atoms with Crippen LogP contribution in [0.1, 0.15) is 38.3 Å². The summed E-state index contributed by atoms with van der Waals surface area (Å²) >= 11 is 0. The molecule has 1 unspecified atom stereocenters. The van der Waals surface area contributed by atoms with Crippen LogP contribution in [0.4, 0.5) is 30.5 Å². The lowest BCUT2D eigenvalue weighted by Crippen LogP contribution is -2.41. The highest BCUT2D eigenvalue weighted by Crippen LogP contribution is 2.37. The van der Waals surface area contributed by atoms with Crippen LogP contribution < -0.4 is 10.2 Å². The Labute approximate surface area is 218 Å². The minimum atomic E-state index is -4.62. The van der Waals surface area contributed by atoms with Crippen LogP contribution in [-0.4, -0.2) is 69.4 Å². The zero-order chi connectivity index (χ0) is 26.9. The fourth-order valence-electron chi connectivity index (χ4n) is 4.84. The van der Waals surface area contributed by atoms with Gasteiger partial charge in [-0.05, 0) is 57.5 Å². The molecule has 0 aliphatic carbocycles. The monoisotopic (exact) mass is 529 g/mol. The number of ether oxygens (including phenoxy) is 1. The molecule has 4 heterocycles. The van der Waals surface area contributed by atoms with Crippen molar-refractivity contribution < 1.29 is 22.7 Å². The quantitative estimate of drug-likeness (QED) is 0.503. The van der Waals surface area contributed by atoms with Gasteiger partial charge in [-0.1, -0.05) is 0 Å². The Kier molecular flexibility index (Phi) is 7.35. The van der Waals surface area contributed by atoms with Gasteiger partial charge >= 0.3 is 6.18 Å². The largest absolute Gasteiger partial charge is 0.419 e. The summed E-state index contributed by atoms with van der Waals surface area (Å²) in [5, 5.41) is 7.38. The van der Waals surface area contributed by atoms with Gasteiger partial charge in [-0.25, -0.2) is 9.97 Å². The molecule has 5 rings (SSSR count). The summed E-state index contributed by atoms with van der Waals surface area (Å²) in [7, 11) is 0. The number of nitrogens with one attached hydrogen (secondary N) is 1. The van der Waals surface area contributed by atoms with Crippen molar-refractivity contribution in [2.24, 2.45) is 0 Å². The Morgan fingerprint density at radius 2 is 1.92 bits per heavy atom. The van der Waals surface area contributed by atoms with E-state index in [1.165, 1.54) is 6.20 Å². The number of carbonyl (C=O) groups is 1. The fraction of sp³-hybridized carbons (Fsp3) is 0.462. The average molecular weight is 530 g/mol. The smallest absolute Gasteiger partial charge is 0.370 e. The molecule has 0 spiro atoms. The number of halogens is 3. The van der Waals surface area contributed by atoms with Crippen LogP contribution >= 0.6 is 0 Å². The molecule has 1 amide bonds. The third-order valence-corrected chi connectivity index (χ3v) is 6.92. The Balaban J connectivity index is 1.38. The predicted octanol–water partition coefficient (Wildman–Crippen LogP) is 4.51. The van der Waals surface area contributed by atoms with Crippen LogP contribution in [0.15, 0.2) is 42.9 Å². The lowest BCUT2D eigenvalue weighted by molar-refractivity contribution is -0.137. The van der Waals surface area contributed by atoms with Crippen molar-refractivity contribution in [1.29, 1.82) is 0 Å². The van der Waals surface area contributed by atoms with Crippen LogP contribution in [0, 0.1) is 0 Å². The maximum atomic E-state index is 13.9. The highest BCUT2D eigenvalue weighted by molar-refractivity contribution is 5.95. The first-order valence-corrected chi connectivity index (χ1v) is 12.7. The van der Waals surface area contributed by atoms with E-state index in [0.717, 1.165) is 32.1 Å². The van der Waals surface area contributed by atoms with Crippen LogP contribution in [0.25, 0.3) is 11.3 Å². The zero-order valence-corrected chi connectivity index (χ0v) is 21.3.